The van der Waals surface area contributed by atoms with E-state index >= 15 is 0 Å². The molecule has 0 spiro atoms. The minimum atomic E-state index is -0.00318. The molecule has 112 valence electrons. The summed E-state index contributed by atoms with van der Waals surface area (Å²) in [6.07, 6.45) is 8.82. The normalized spacial score (nSPS) is 26.1. The maximum absolute atomic E-state index is 11.5. The number of rotatable bonds is 7. The third-order valence-electron chi connectivity index (χ3n) is 4.25. The van der Waals surface area contributed by atoms with Gasteiger partial charge in [0, 0.05) is 6.42 Å². The van der Waals surface area contributed by atoms with Gasteiger partial charge in [0.1, 0.15) is 0 Å². The largest absolute Gasteiger partial charge is 0.466 e. The molecule has 0 saturated heterocycles. The Bertz CT molecular complexity index is 270. The number of unbranched alkanes of at least 4 members (excludes halogenated alkanes) is 2. The molecule has 1 rings (SSSR count). The van der Waals surface area contributed by atoms with Crippen molar-refractivity contribution in [1.82, 2.24) is 0 Å². The average molecular weight is 268 g/mol. The van der Waals surface area contributed by atoms with Crippen molar-refractivity contribution in [1.29, 1.82) is 0 Å². The molecular weight excluding hydrogens is 236 g/mol. The lowest BCUT2D eigenvalue weighted by molar-refractivity contribution is -0.144. The van der Waals surface area contributed by atoms with E-state index in [0.29, 0.717) is 18.4 Å². The number of carbonyl (C=O) groups is 1. The van der Waals surface area contributed by atoms with Gasteiger partial charge in [-0.2, -0.15) is 0 Å². The summed E-state index contributed by atoms with van der Waals surface area (Å²) in [5.74, 6) is 1.55. The van der Waals surface area contributed by atoms with Crippen LogP contribution >= 0.6 is 0 Å². The Morgan fingerprint density at radius 2 is 2.00 bits per heavy atom. The molecule has 0 N–H and O–H groups in total. The van der Waals surface area contributed by atoms with E-state index in [9.17, 15) is 4.79 Å². The minimum Gasteiger partial charge on any atom is -0.466 e. The van der Waals surface area contributed by atoms with Crippen LogP contribution in [0.4, 0.5) is 0 Å². The van der Waals surface area contributed by atoms with E-state index in [1.165, 1.54) is 19.3 Å². The van der Waals surface area contributed by atoms with Crippen molar-refractivity contribution in [3.05, 3.63) is 0 Å². The van der Waals surface area contributed by atoms with Crippen LogP contribution in [0.25, 0.3) is 0 Å². The third-order valence-corrected chi connectivity index (χ3v) is 4.25. The van der Waals surface area contributed by atoms with E-state index in [1.54, 1.807) is 0 Å². The molecule has 0 unspecified atom stereocenters. The zero-order valence-corrected chi connectivity index (χ0v) is 13.3. The third kappa shape index (κ3) is 6.98. The molecule has 0 aliphatic heterocycles. The molecule has 1 aliphatic rings. The summed E-state index contributed by atoms with van der Waals surface area (Å²) in [6, 6.07) is 0. The zero-order valence-electron chi connectivity index (χ0n) is 13.3. The molecule has 0 aromatic rings. The van der Waals surface area contributed by atoms with Gasteiger partial charge in [-0.05, 0) is 49.4 Å². The van der Waals surface area contributed by atoms with Gasteiger partial charge in [-0.1, -0.05) is 40.5 Å². The first-order valence-electron chi connectivity index (χ1n) is 8.08. The quantitative estimate of drug-likeness (QED) is 0.482. The first kappa shape index (κ1) is 16.5. The lowest BCUT2D eigenvalue weighted by Crippen LogP contribution is -2.28. The molecule has 2 atom stereocenters. The van der Waals surface area contributed by atoms with Crippen LogP contribution in [0.5, 0.6) is 0 Å². The molecule has 1 aliphatic carbocycles. The van der Waals surface area contributed by atoms with Crippen molar-refractivity contribution in [3.8, 4) is 0 Å². The van der Waals surface area contributed by atoms with Crippen LogP contribution in [0.1, 0.15) is 79.1 Å². The summed E-state index contributed by atoms with van der Waals surface area (Å²) in [5, 5.41) is 0. The molecule has 1 fully saturated rings. The van der Waals surface area contributed by atoms with Crippen LogP contribution in [-0.2, 0) is 9.53 Å². The van der Waals surface area contributed by atoms with Crippen LogP contribution in [0.2, 0.25) is 0 Å². The fourth-order valence-electron chi connectivity index (χ4n) is 3.69. The van der Waals surface area contributed by atoms with E-state index in [2.05, 4.69) is 27.7 Å². The molecule has 2 heteroatoms. The number of carbonyl (C=O) groups excluding carboxylic acids is 1. The fourth-order valence-corrected chi connectivity index (χ4v) is 3.69. The summed E-state index contributed by atoms with van der Waals surface area (Å²) in [5.41, 5.74) is 0.466. The lowest BCUT2D eigenvalue weighted by atomic mass is 9.67. The van der Waals surface area contributed by atoms with Crippen molar-refractivity contribution in [2.75, 3.05) is 6.61 Å². The highest BCUT2D eigenvalue weighted by atomic mass is 16.5. The number of ether oxygens (including phenoxy) is 1. The van der Waals surface area contributed by atoms with E-state index < -0.39 is 0 Å². The molecule has 0 aromatic heterocycles. The zero-order chi connectivity index (χ0) is 14.3. The summed E-state index contributed by atoms with van der Waals surface area (Å²) in [7, 11) is 0. The van der Waals surface area contributed by atoms with Crippen molar-refractivity contribution in [2.24, 2.45) is 17.3 Å². The standard InChI is InChI=1S/C17H32O2/c1-5-6-7-8-16(18)19-10-9-15-11-14(2)12-17(3,4)13-15/h14-15H,5-13H2,1-4H3/t14-,15-/m1/s1. The summed E-state index contributed by atoms with van der Waals surface area (Å²) in [4.78, 5) is 11.5. The first-order chi connectivity index (χ1) is 8.93. The van der Waals surface area contributed by atoms with E-state index in [-0.39, 0.29) is 5.97 Å². The van der Waals surface area contributed by atoms with Crippen LogP contribution in [0, 0.1) is 17.3 Å². The van der Waals surface area contributed by atoms with Gasteiger partial charge in [0.25, 0.3) is 0 Å². The van der Waals surface area contributed by atoms with E-state index in [0.717, 1.165) is 37.5 Å². The Balaban J connectivity index is 2.16. The fraction of sp³-hybridized carbons (Fsp3) is 0.941. The second-order valence-electron chi connectivity index (χ2n) is 7.25. The molecule has 2 nitrogen and oxygen atoms in total. The molecule has 0 bridgehead atoms. The van der Waals surface area contributed by atoms with Gasteiger partial charge in [-0.15, -0.1) is 0 Å². The van der Waals surface area contributed by atoms with Crippen molar-refractivity contribution >= 4 is 5.97 Å². The molecule has 0 heterocycles. The van der Waals surface area contributed by atoms with Gasteiger partial charge in [-0.25, -0.2) is 0 Å². The van der Waals surface area contributed by atoms with Gasteiger partial charge in [-0.3, -0.25) is 4.79 Å². The Morgan fingerprint density at radius 1 is 1.26 bits per heavy atom. The maximum Gasteiger partial charge on any atom is 0.305 e. The number of hydrogen-bond donors (Lipinski definition) is 0. The SMILES string of the molecule is CCCCCC(=O)OCC[C@@H]1C[C@@H](C)CC(C)(C)C1. The Hall–Kier alpha value is -0.530. The van der Waals surface area contributed by atoms with Gasteiger partial charge in [0.05, 0.1) is 6.61 Å². The molecule has 0 amide bonds. The molecule has 0 radical (unpaired) electrons. The highest BCUT2D eigenvalue weighted by Crippen LogP contribution is 2.42. The van der Waals surface area contributed by atoms with Crippen molar-refractivity contribution < 1.29 is 9.53 Å². The van der Waals surface area contributed by atoms with Crippen LogP contribution in [0.15, 0.2) is 0 Å². The van der Waals surface area contributed by atoms with Gasteiger partial charge < -0.3 is 4.74 Å². The highest BCUT2D eigenvalue weighted by Gasteiger charge is 2.31. The summed E-state index contributed by atoms with van der Waals surface area (Å²) >= 11 is 0. The lowest BCUT2D eigenvalue weighted by Gasteiger charge is -2.39. The van der Waals surface area contributed by atoms with Crippen molar-refractivity contribution in [3.63, 3.8) is 0 Å². The van der Waals surface area contributed by atoms with E-state index in [4.69, 9.17) is 4.74 Å². The van der Waals surface area contributed by atoms with Gasteiger partial charge in [0.15, 0.2) is 0 Å². The molecule has 1 saturated carbocycles. The first-order valence-corrected chi connectivity index (χ1v) is 8.08. The van der Waals surface area contributed by atoms with E-state index in [1.807, 2.05) is 0 Å². The monoisotopic (exact) mass is 268 g/mol. The predicted octanol–water partition coefficient (Wildman–Crippen LogP) is 4.96. The number of hydrogen-bond acceptors (Lipinski definition) is 2. The van der Waals surface area contributed by atoms with Crippen LogP contribution in [0.3, 0.4) is 0 Å². The van der Waals surface area contributed by atoms with Crippen LogP contribution in [-0.4, -0.2) is 12.6 Å². The van der Waals surface area contributed by atoms with Crippen LogP contribution < -0.4 is 0 Å². The maximum atomic E-state index is 11.5. The summed E-state index contributed by atoms with van der Waals surface area (Å²) in [6.45, 7) is 9.86. The second-order valence-corrected chi connectivity index (χ2v) is 7.25. The average Bonchev–Trinajstić information content (AvgIpc) is 2.26. The van der Waals surface area contributed by atoms with Gasteiger partial charge >= 0.3 is 5.97 Å². The predicted molar refractivity (Wildman–Crippen MR) is 80.0 cm³/mol. The van der Waals surface area contributed by atoms with Crippen molar-refractivity contribution in [2.45, 2.75) is 79.1 Å². The second kappa shape index (κ2) is 7.91. The highest BCUT2D eigenvalue weighted by molar-refractivity contribution is 5.69. The molecule has 19 heavy (non-hydrogen) atoms. The molecular formula is C17H32O2. The topological polar surface area (TPSA) is 26.3 Å². The minimum absolute atomic E-state index is 0.00318. The Kier molecular flexibility index (Phi) is 6.88. The molecule has 0 aromatic carbocycles. The Labute approximate surface area is 119 Å². The smallest absolute Gasteiger partial charge is 0.305 e. The number of esters is 1. The Morgan fingerprint density at radius 3 is 2.63 bits per heavy atom. The van der Waals surface area contributed by atoms with Gasteiger partial charge in [0.2, 0.25) is 0 Å². The summed E-state index contributed by atoms with van der Waals surface area (Å²) < 4.78 is 5.36.